The van der Waals surface area contributed by atoms with Gasteiger partial charge in [0.25, 0.3) is 0 Å². The van der Waals surface area contributed by atoms with Gasteiger partial charge in [0.05, 0.1) is 5.60 Å². The van der Waals surface area contributed by atoms with Crippen molar-refractivity contribution in [2.75, 3.05) is 0 Å². The lowest BCUT2D eigenvalue weighted by molar-refractivity contribution is 0.0216. The fourth-order valence-electron chi connectivity index (χ4n) is 0.857. The van der Waals surface area contributed by atoms with E-state index in [0.29, 0.717) is 5.92 Å². The van der Waals surface area contributed by atoms with Crippen LogP contribution in [0.5, 0.6) is 0 Å². The second-order valence-electron chi connectivity index (χ2n) is 3.96. The Hall–Kier alpha value is 0.900. The number of halogens is 2. The summed E-state index contributed by atoms with van der Waals surface area (Å²) in [7, 11) is 0. The van der Waals surface area contributed by atoms with Crippen LogP contribution in [0, 0.1) is 5.92 Å². The predicted molar refractivity (Wildman–Crippen MR) is 82.1 cm³/mol. The van der Waals surface area contributed by atoms with E-state index >= 15 is 0 Å². The second kappa shape index (κ2) is 9.15. The molecule has 0 aliphatic heterocycles. The zero-order valence-electron chi connectivity index (χ0n) is 9.19. The molecule has 0 saturated heterocycles. The number of aliphatic hydroxyl groups is 1. The first kappa shape index (κ1) is 17.3. The normalized spacial score (nSPS) is 12.4. The van der Waals surface area contributed by atoms with E-state index in [9.17, 15) is 5.11 Å². The highest BCUT2D eigenvalue weighted by Gasteiger charge is 2.21. The van der Waals surface area contributed by atoms with Gasteiger partial charge in [-0.05, 0) is 32.6 Å². The quantitative estimate of drug-likeness (QED) is 0.504. The van der Waals surface area contributed by atoms with Crippen molar-refractivity contribution in [3.05, 3.63) is 24.8 Å². The summed E-state index contributed by atoms with van der Waals surface area (Å²) in [5.41, 5.74) is 0.465. The summed E-state index contributed by atoms with van der Waals surface area (Å²) >= 11 is 4.24. The molecule has 1 nitrogen and oxygen atoms in total. The van der Waals surface area contributed by atoms with E-state index in [2.05, 4.69) is 57.3 Å². The molecule has 84 valence electrons. The van der Waals surface area contributed by atoms with Crippen LogP contribution in [0.3, 0.4) is 0 Å². The second-order valence-corrected chi connectivity index (χ2v) is 3.96. The largest absolute Gasteiger partial charge is 0.390 e. The van der Waals surface area contributed by atoms with Crippen molar-refractivity contribution in [1.29, 1.82) is 0 Å². The van der Waals surface area contributed by atoms with Crippen molar-refractivity contribution in [1.82, 2.24) is 0 Å². The molecule has 1 N–H and O–H groups in total. The van der Waals surface area contributed by atoms with Crippen LogP contribution in [0.4, 0.5) is 0 Å². The van der Waals surface area contributed by atoms with E-state index in [1.165, 1.54) is 0 Å². The highest BCUT2D eigenvalue weighted by Crippen LogP contribution is 2.22. The van der Waals surface area contributed by atoms with Crippen molar-refractivity contribution in [2.24, 2.45) is 5.92 Å². The van der Waals surface area contributed by atoms with Gasteiger partial charge in [0.15, 0.2) is 0 Å². The first-order valence-corrected chi connectivity index (χ1v) is 10.8. The lowest BCUT2D eigenvalue weighted by Crippen LogP contribution is -2.28. The van der Waals surface area contributed by atoms with Gasteiger partial charge in [0, 0.05) is 37.2 Å². The van der Waals surface area contributed by atoms with E-state index in [1.807, 2.05) is 13.8 Å². The van der Waals surface area contributed by atoms with Crippen LogP contribution in [0.15, 0.2) is 24.8 Å². The number of rotatable bonds is 5. The molecule has 14 heavy (non-hydrogen) atoms. The van der Waals surface area contributed by atoms with Crippen LogP contribution in [-0.4, -0.2) is 10.7 Å². The molecular formula is C11H20I2O. The maximum Gasteiger partial charge on any atom is 0.0617 e. The minimum atomic E-state index is -0.582. The van der Waals surface area contributed by atoms with Crippen LogP contribution in [0.25, 0.3) is 0 Å². The van der Waals surface area contributed by atoms with E-state index in [-0.39, 0.29) is 0 Å². The van der Waals surface area contributed by atoms with Crippen LogP contribution in [-0.2, 0) is 0 Å². The fraction of sp³-hybridized carbons (Fsp3) is 0.636. The predicted octanol–water partition coefficient (Wildman–Crippen LogP) is 4.69. The molecule has 0 amide bonds. The number of hydrogen-bond acceptors (Lipinski definition) is 1. The molecule has 0 aromatic rings. The summed E-state index contributed by atoms with van der Waals surface area (Å²) in [5, 5.41) is 9.62. The van der Waals surface area contributed by atoms with Crippen molar-refractivity contribution in [3.63, 3.8) is 0 Å². The molecule has 0 bridgehead atoms. The molecule has 0 aromatic heterocycles. The molecule has 0 aromatic carbocycles. The smallest absolute Gasteiger partial charge is 0.0617 e. The van der Waals surface area contributed by atoms with Crippen molar-refractivity contribution < 1.29 is 5.11 Å². The van der Waals surface area contributed by atoms with Crippen LogP contribution in [0.1, 0.15) is 33.6 Å². The topological polar surface area (TPSA) is 20.2 Å². The molecule has 1 unspecified atom stereocenters. The zero-order chi connectivity index (χ0) is 11.8. The third-order valence-corrected chi connectivity index (χ3v) is 2.39. The molecule has 0 spiro atoms. The average Bonchev–Trinajstić information content (AvgIpc) is 2.15. The maximum atomic E-state index is 9.62. The Balaban J connectivity index is 0. The summed E-state index contributed by atoms with van der Waals surface area (Å²) in [6, 6.07) is 0. The Bertz CT molecular complexity index is 171. The summed E-state index contributed by atoms with van der Waals surface area (Å²) in [6.07, 6.45) is 3.67. The molecule has 0 aliphatic carbocycles. The first-order chi connectivity index (χ1) is 6.38. The highest BCUT2D eigenvalue weighted by atomic mass is 128. The van der Waals surface area contributed by atoms with Crippen LogP contribution >= 0.6 is 37.2 Å². The standard InChI is InChI=1S/C11H20O.I2/c1-6-9(2)7-8-10(3)11(4,5)12;1-2/h6,10,12H,1-2,7-8H2,3-5H3;. The zero-order valence-corrected chi connectivity index (χ0v) is 13.5. The molecule has 0 aliphatic rings. The average molecular weight is 422 g/mol. The Kier molecular flexibility index (Phi) is 11.3. The lowest BCUT2D eigenvalue weighted by atomic mass is 9.88. The van der Waals surface area contributed by atoms with Gasteiger partial charge in [-0.25, -0.2) is 0 Å². The Morgan fingerprint density at radius 1 is 1.50 bits per heavy atom. The molecule has 0 fully saturated rings. The monoisotopic (exact) mass is 422 g/mol. The molecule has 0 saturated carbocycles. The van der Waals surface area contributed by atoms with E-state index in [0.717, 1.165) is 18.4 Å². The van der Waals surface area contributed by atoms with Gasteiger partial charge >= 0.3 is 0 Å². The van der Waals surface area contributed by atoms with Gasteiger partial charge in [-0.1, -0.05) is 31.7 Å². The number of allylic oxidation sites excluding steroid dienone is 2. The first-order valence-electron chi connectivity index (χ1n) is 4.54. The summed E-state index contributed by atoms with van der Waals surface area (Å²) < 4.78 is 0. The van der Waals surface area contributed by atoms with Gasteiger partial charge in [-0.2, -0.15) is 0 Å². The summed E-state index contributed by atoms with van der Waals surface area (Å²) in [4.78, 5) is 0. The minimum Gasteiger partial charge on any atom is -0.390 e. The van der Waals surface area contributed by atoms with E-state index in [4.69, 9.17) is 0 Å². The van der Waals surface area contributed by atoms with Gasteiger partial charge in [0.1, 0.15) is 0 Å². The number of hydrogen-bond donors (Lipinski definition) is 1. The molecular weight excluding hydrogens is 402 g/mol. The highest BCUT2D eigenvalue weighted by molar-refractivity contribution is 15.0. The third-order valence-electron chi connectivity index (χ3n) is 2.39. The SMILES string of the molecule is C=CC(=C)CCC(C)C(C)(C)O.II. The fourth-order valence-corrected chi connectivity index (χ4v) is 0.857. The van der Waals surface area contributed by atoms with Gasteiger partial charge in [0.2, 0.25) is 0 Å². The Morgan fingerprint density at radius 3 is 2.21 bits per heavy atom. The molecule has 1 atom stereocenters. The van der Waals surface area contributed by atoms with Gasteiger partial charge in [-0.15, -0.1) is 0 Å². The summed E-state index contributed by atoms with van der Waals surface area (Å²) in [5.74, 6) is 0.300. The van der Waals surface area contributed by atoms with Crippen LogP contribution < -0.4 is 0 Å². The van der Waals surface area contributed by atoms with Gasteiger partial charge < -0.3 is 5.11 Å². The maximum absolute atomic E-state index is 9.62. The molecule has 0 radical (unpaired) electrons. The van der Waals surface area contributed by atoms with E-state index in [1.54, 1.807) is 6.08 Å². The van der Waals surface area contributed by atoms with Crippen molar-refractivity contribution >= 4 is 37.2 Å². The van der Waals surface area contributed by atoms with Gasteiger partial charge in [-0.3, -0.25) is 0 Å². The molecule has 0 rings (SSSR count). The van der Waals surface area contributed by atoms with Crippen molar-refractivity contribution in [3.8, 4) is 0 Å². The Labute approximate surface area is 111 Å². The minimum absolute atomic E-state index is 0.300. The molecule has 0 heterocycles. The lowest BCUT2D eigenvalue weighted by Gasteiger charge is -2.25. The van der Waals surface area contributed by atoms with E-state index < -0.39 is 5.60 Å². The molecule has 3 heteroatoms. The third kappa shape index (κ3) is 9.45. The Morgan fingerprint density at radius 2 is 1.93 bits per heavy atom. The summed E-state index contributed by atoms with van der Waals surface area (Å²) in [6.45, 7) is 13.2. The van der Waals surface area contributed by atoms with Crippen LogP contribution in [0.2, 0.25) is 0 Å². The van der Waals surface area contributed by atoms with Crippen molar-refractivity contribution in [2.45, 2.75) is 39.2 Å².